The molecule has 3 aliphatic heterocycles. The van der Waals surface area contributed by atoms with Crippen molar-refractivity contribution in [1.82, 2.24) is 9.21 Å². The number of likely N-dealkylation sites (tertiary alicyclic amines) is 1. The van der Waals surface area contributed by atoms with E-state index in [2.05, 4.69) is 5.32 Å². The smallest absolute Gasteiger partial charge is 0.260 e. The van der Waals surface area contributed by atoms with Crippen molar-refractivity contribution in [3.8, 4) is 5.75 Å². The van der Waals surface area contributed by atoms with Gasteiger partial charge in [-0.1, -0.05) is 0 Å². The molecule has 0 bridgehead atoms. The van der Waals surface area contributed by atoms with Crippen LogP contribution in [-0.2, 0) is 30.8 Å². The first-order chi connectivity index (χ1) is 14.4. The van der Waals surface area contributed by atoms with E-state index in [4.69, 9.17) is 9.47 Å². The average Bonchev–Trinajstić information content (AvgIpc) is 2.78. The summed E-state index contributed by atoms with van der Waals surface area (Å²) in [6, 6.07) is 5.33. The van der Waals surface area contributed by atoms with Crippen LogP contribution in [0.15, 0.2) is 18.2 Å². The van der Waals surface area contributed by atoms with Crippen LogP contribution < -0.4 is 10.1 Å². The van der Waals surface area contributed by atoms with Gasteiger partial charge in [0.05, 0.1) is 18.5 Å². The minimum Gasteiger partial charge on any atom is -0.484 e. The molecule has 2 saturated heterocycles. The van der Waals surface area contributed by atoms with Gasteiger partial charge >= 0.3 is 0 Å². The molecule has 4 rings (SSSR count). The Bertz CT molecular complexity index is 913. The van der Waals surface area contributed by atoms with Crippen molar-refractivity contribution in [2.45, 2.75) is 30.9 Å². The van der Waals surface area contributed by atoms with Gasteiger partial charge in [-0.15, -0.1) is 0 Å². The predicted octanol–water partition coefficient (Wildman–Crippen LogP) is 0.603. The Hall–Kier alpha value is -2.17. The lowest BCUT2D eigenvalue weighted by atomic mass is 10.0. The molecule has 1 aromatic carbocycles. The fraction of sp³-hybridized carbons (Fsp3) is 0.600. The topological polar surface area (TPSA) is 105 Å². The second kappa shape index (κ2) is 8.91. The second-order valence-corrected chi connectivity index (χ2v) is 10.0. The summed E-state index contributed by atoms with van der Waals surface area (Å²) in [5.41, 5.74) is 1.76. The van der Waals surface area contributed by atoms with Crippen LogP contribution in [0, 0.1) is 0 Å². The van der Waals surface area contributed by atoms with Crippen LogP contribution >= 0.6 is 0 Å². The lowest BCUT2D eigenvalue weighted by molar-refractivity contribution is -0.134. The number of hydrogen-bond acceptors (Lipinski definition) is 6. The van der Waals surface area contributed by atoms with Gasteiger partial charge in [-0.3, -0.25) is 9.59 Å². The molecule has 164 valence electrons. The van der Waals surface area contributed by atoms with Crippen LogP contribution in [-0.4, -0.2) is 80.7 Å². The molecule has 3 heterocycles. The standard InChI is InChI=1S/C20H27N3O6S/c24-19-6-3-15-12-16(4-5-18(15)21-19)29-14-20(25)22-7-1-2-17(13-22)30(26,27)23-8-10-28-11-9-23/h4-5,12,17H,1-3,6-11,13-14H2,(H,21,24). The van der Waals surface area contributed by atoms with Crippen molar-refractivity contribution in [2.75, 3.05) is 51.3 Å². The molecule has 0 radical (unpaired) electrons. The number of benzene rings is 1. The molecule has 1 unspecified atom stereocenters. The highest BCUT2D eigenvalue weighted by atomic mass is 32.2. The first-order valence-electron chi connectivity index (χ1n) is 10.3. The van der Waals surface area contributed by atoms with Crippen molar-refractivity contribution in [2.24, 2.45) is 0 Å². The number of carbonyl (C=O) groups is 2. The summed E-state index contributed by atoms with van der Waals surface area (Å²) >= 11 is 0. The molecule has 1 aromatic rings. The first-order valence-corrected chi connectivity index (χ1v) is 11.8. The highest BCUT2D eigenvalue weighted by Gasteiger charge is 2.37. The molecule has 2 amide bonds. The van der Waals surface area contributed by atoms with Gasteiger partial charge in [0.25, 0.3) is 5.91 Å². The summed E-state index contributed by atoms with van der Waals surface area (Å²) in [5, 5.41) is 2.23. The van der Waals surface area contributed by atoms with Crippen LogP contribution in [0.5, 0.6) is 5.75 Å². The van der Waals surface area contributed by atoms with Gasteiger partial charge in [-0.2, -0.15) is 4.31 Å². The van der Waals surface area contributed by atoms with E-state index in [0.29, 0.717) is 64.3 Å². The number of hydrogen-bond donors (Lipinski definition) is 1. The fourth-order valence-corrected chi connectivity index (χ4v) is 6.02. The number of piperidine rings is 1. The molecule has 2 fully saturated rings. The monoisotopic (exact) mass is 437 g/mol. The number of nitrogens with zero attached hydrogens (tertiary/aromatic N) is 2. The Morgan fingerprint density at radius 3 is 2.80 bits per heavy atom. The average molecular weight is 438 g/mol. The van der Waals surface area contributed by atoms with Gasteiger partial charge in [-0.25, -0.2) is 8.42 Å². The van der Waals surface area contributed by atoms with Crippen molar-refractivity contribution in [1.29, 1.82) is 0 Å². The Morgan fingerprint density at radius 1 is 1.20 bits per heavy atom. The Kier molecular flexibility index (Phi) is 6.26. The molecular formula is C20H27N3O6S. The number of sulfonamides is 1. The number of ether oxygens (including phenoxy) is 2. The van der Waals surface area contributed by atoms with Crippen LogP contribution in [0.4, 0.5) is 5.69 Å². The third-order valence-electron chi connectivity index (χ3n) is 5.82. The number of nitrogens with one attached hydrogen (secondary N) is 1. The van der Waals surface area contributed by atoms with Gasteiger partial charge in [0.15, 0.2) is 6.61 Å². The largest absolute Gasteiger partial charge is 0.484 e. The van der Waals surface area contributed by atoms with Crippen LogP contribution in [0.3, 0.4) is 0 Å². The quantitative estimate of drug-likeness (QED) is 0.723. The zero-order valence-electron chi connectivity index (χ0n) is 16.8. The minimum atomic E-state index is -3.45. The van der Waals surface area contributed by atoms with E-state index in [9.17, 15) is 18.0 Å². The molecule has 1 N–H and O–H groups in total. The molecular weight excluding hydrogens is 410 g/mol. The summed E-state index contributed by atoms with van der Waals surface area (Å²) in [5.74, 6) is 0.341. The number of morpholine rings is 1. The number of anilines is 1. The molecule has 30 heavy (non-hydrogen) atoms. The molecule has 10 heteroatoms. The zero-order chi connectivity index (χ0) is 21.1. The molecule has 3 aliphatic rings. The zero-order valence-corrected chi connectivity index (χ0v) is 17.7. The van der Waals surface area contributed by atoms with E-state index in [1.54, 1.807) is 17.0 Å². The number of fused-ring (bicyclic) bond motifs is 1. The highest BCUT2D eigenvalue weighted by molar-refractivity contribution is 7.89. The normalized spacial score (nSPS) is 22.9. The molecule has 9 nitrogen and oxygen atoms in total. The van der Waals surface area contributed by atoms with Crippen LogP contribution in [0.2, 0.25) is 0 Å². The maximum absolute atomic E-state index is 12.9. The maximum atomic E-state index is 12.9. The molecule has 0 saturated carbocycles. The Morgan fingerprint density at radius 2 is 2.00 bits per heavy atom. The fourth-order valence-electron chi connectivity index (χ4n) is 4.11. The Labute approximate surface area is 176 Å². The lowest BCUT2D eigenvalue weighted by Crippen LogP contribution is -2.52. The van der Waals surface area contributed by atoms with E-state index < -0.39 is 15.3 Å². The molecule has 0 aromatic heterocycles. The van der Waals surface area contributed by atoms with Crippen molar-refractivity contribution in [3.05, 3.63) is 23.8 Å². The predicted molar refractivity (Wildman–Crippen MR) is 110 cm³/mol. The number of aryl methyl sites for hydroxylation is 1. The van der Waals surface area contributed by atoms with Crippen LogP contribution in [0.1, 0.15) is 24.8 Å². The minimum absolute atomic E-state index is 0.00182. The maximum Gasteiger partial charge on any atom is 0.260 e. The Balaban J connectivity index is 1.34. The van der Waals surface area contributed by atoms with E-state index in [1.165, 1.54) is 4.31 Å². The highest BCUT2D eigenvalue weighted by Crippen LogP contribution is 2.27. The number of carbonyl (C=O) groups excluding carboxylic acids is 2. The van der Waals surface area contributed by atoms with Gasteiger partial charge in [0, 0.05) is 38.3 Å². The van der Waals surface area contributed by atoms with Gasteiger partial charge in [-0.05, 0) is 43.0 Å². The van der Waals surface area contributed by atoms with E-state index >= 15 is 0 Å². The van der Waals surface area contributed by atoms with Gasteiger partial charge in [0.2, 0.25) is 15.9 Å². The van der Waals surface area contributed by atoms with E-state index in [-0.39, 0.29) is 25.0 Å². The van der Waals surface area contributed by atoms with Gasteiger partial charge in [0.1, 0.15) is 5.75 Å². The summed E-state index contributed by atoms with van der Waals surface area (Å²) in [4.78, 5) is 25.7. The number of amides is 2. The van der Waals surface area contributed by atoms with Crippen LogP contribution in [0.25, 0.3) is 0 Å². The lowest BCUT2D eigenvalue weighted by Gasteiger charge is -2.36. The molecule has 0 spiro atoms. The van der Waals surface area contributed by atoms with E-state index in [0.717, 1.165) is 11.3 Å². The second-order valence-electron chi connectivity index (χ2n) is 7.82. The first kappa shape index (κ1) is 21.1. The van der Waals surface area contributed by atoms with Crippen molar-refractivity contribution < 1.29 is 27.5 Å². The summed E-state index contributed by atoms with van der Waals surface area (Å²) in [6.45, 7) is 2.14. The van der Waals surface area contributed by atoms with E-state index in [1.807, 2.05) is 6.07 Å². The summed E-state index contributed by atoms with van der Waals surface area (Å²) < 4.78 is 38.2. The summed E-state index contributed by atoms with van der Waals surface area (Å²) in [6.07, 6.45) is 2.28. The van der Waals surface area contributed by atoms with Crippen molar-refractivity contribution in [3.63, 3.8) is 0 Å². The third-order valence-corrected chi connectivity index (χ3v) is 8.13. The molecule has 1 atom stereocenters. The third kappa shape index (κ3) is 4.60. The number of rotatable bonds is 5. The SMILES string of the molecule is O=C1CCc2cc(OCC(=O)N3CCCC(S(=O)(=O)N4CCOCC4)C3)ccc2N1. The van der Waals surface area contributed by atoms with Crippen molar-refractivity contribution >= 4 is 27.5 Å². The van der Waals surface area contributed by atoms with Gasteiger partial charge < -0.3 is 19.7 Å². The summed E-state index contributed by atoms with van der Waals surface area (Å²) in [7, 11) is -3.45. The molecule has 0 aliphatic carbocycles.